The van der Waals surface area contributed by atoms with Crippen molar-refractivity contribution in [3.8, 4) is 0 Å². The number of rotatable bonds is 21. The number of sulfone groups is 1. The number of aromatic amines is 1. The third-order valence-corrected chi connectivity index (χ3v) is 21.2. The van der Waals surface area contributed by atoms with E-state index in [1.54, 1.807) is 50.9 Å². The minimum absolute atomic E-state index is 0.0142. The minimum Gasteiger partial charge on any atom is -0.370 e. The van der Waals surface area contributed by atoms with Crippen molar-refractivity contribution in [2.45, 2.75) is 151 Å². The Hall–Kier alpha value is -7.76. The molecule has 1 aliphatic carbocycles. The standard InChI is InChI=1S/C60H75N10O14PS/c1-6-84-85(5,81)59(79)39-14-18-43-40(30-39)31-45(63-43)55(75)65-46-33-68(53(73)29-36-9-7-35(8-10-36)27-38-13-20-47-50(28-38)67(4)60(80)70(47)49-22-24-52(72)66-57(49)77)26-25-41-15-21-48(69(41)58(46)78)56(76)64-44(19-23-51(61)71)54(74)62-32-37-11-16-42(17-12-37)86(82,83)34(2)3/h11-14,16-18,20,28,30-31,34-36,41,44,46,48-49,63H,6-10,15,19,21-27,29,32-33H2,1-5H3,(H2,61,71)(H,62,74)(H,64,76)(H,65,75)(H,66,72,77)/t35?,36?,41-,44+,46+,48+,49?,85?/m1/s1. The fourth-order valence-corrected chi connectivity index (χ4v) is 14.7. The Morgan fingerprint density at radius 1 is 0.849 bits per heavy atom. The SMILES string of the molecule is CCOP(C)(=O)C(=O)c1ccc2[nH]c(C(=O)N[C@H]3CN(C(=O)CC4CCC(Cc5ccc6c(c5)n(C)c(=O)n6C5CCC(=O)NC5=O)CC4)CC[C@H]4CC[C@@H](C(=O)N[C@@H](CCC(N)=O)C(=O)NCc5ccc(S(=O)(=O)C(C)C)cc5)N4C3=O)cc2c1. The number of piperidine rings is 1. The number of fused-ring (bicyclic) bond motifs is 3. The lowest BCUT2D eigenvalue weighted by Gasteiger charge is -2.39. The number of nitrogens with one attached hydrogen (secondary N) is 5. The van der Waals surface area contributed by atoms with Crippen LogP contribution in [-0.2, 0) is 72.5 Å². The van der Waals surface area contributed by atoms with Gasteiger partial charge in [0.25, 0.3) is 13.3 Å². The van der Waals surface area contributed by atoms with Gasteiger partial charge in [0.1, 0.15) is 29.9 Å². The summed E-state index contributed by atoms with van der Waals surface area (Å²) >= 11 is 0. The molecule has 0 spiro atoms. The van der Waals surface area contributed by atoms with Crippen molar-refractivity contribution in [1.82, 2.24) is 45.2 Å². The van der Waals surface area contributed by atoms with Crippen LogP contribution in [0.5, 0.6) is 0 Å². The molecule has 2 unspecified atom stereocenters. The maximum Gasteiger partial charge on any atom is 0.329 e. The van der Waals surface area contributed by atoms with Gasteiger partial charge in [-0.05, 0) is 156 Å². The Morgan fingerprint density at radius 3 is 2.24 bits per heavy atom. The fourth-order valence-electron chi connectivity index (χ4n) is 12.4. The normalized spacial score (nSPS) is 22.1. The van der Waals surface area contributed by atoms with Gasteiger partial charge < -0.3 is 41.0 Å². The van der Waals surface area contributed by atoms with Crippen LogP contribution in [0.1, 0.15) is 136 Å². The number of imidazole rings is 1. The van der Waals surface area contributed by atoms with E-state index in [1.165, 1.54) is 51.0 Å². The molecule has 26 heteroatoms. The van der Waals surface area contributed by atoms with Gasteiger partial charge in [0, 0.05) is 75.1 Å². The average molecular weight is 1220 g/mol. The highest BCUT2D eigenvalue weighted by Gasteiger charge is 2.46. The lowest BCUT2D eigenvalue weighted by Crippen LogP contribution is -2.62. The maximum atomic E-state index is 15.2. The van der Waals surface area contributed by atoms with Crippen LogP contribution in [0, 0.1) is 11.8 Å². The predicted molar refractivity (Wildman–Crippen MR) is 317 cm³/mol. The van der Waals surface area contributed by atoms with Crippen LogP contribution < -0.4 is 32.7 Å². The van der Waals surface area contributed by atoms with Gasteiger partial charge in [0.05, 0.1) is 27.8 Å². The first-order valence-electron chi connectivity index (χ1n) is 29.4. The van der Waals surface area contributed by atoms with Crippen LogP contribution in [0.3, 0.4) is 0 Å². The first kappa shape index (κ1) is 62.8. The van der Waals surface area contributed by atoms with Crippen molar-refractivity contribution in [3.63, 3.8) is 0 Å². The largest absolute Gasteiger partial charge is 0.370 e. The number of H-pyrrole nitrogens is 1. The van der Waals surface area contributed by atoms with E-state index in [0.29, 0.717) is 46.3 Å². The van der Waals surface area contributed by atoms with E-state index in [0.717, 1.165) is 37.7 Å². The monoisotopic (exact) mass is 1220 g/mol. The molecule has 7 N–H and O–H groups in total. The molecule has 2 aromatic heterocycles. The molecule has 3 saturated heterocycles. The molecule has 5 heterocycles. The molecule has 3 aromatic carbocycles. The summed E-state index contributed by atoms with van der Waals surface area (Å²) in [4.78, 5) is 142. The Bertz CT molecular complexity index is 3730. The molecule has 5 aromatic rings. The number of carbonyl (C=O) groups excluding carboxylic acids is 9. The van der Waals surface area contributed by atoms with Gasteiger partial charge in [-0.3, -0.25) is 62.2 Å². The molecule has 6 atom stereocenters. The van der Waals surface area contributed by atoms with E-state index in [1.807, 2.05) is 18.2 Å². The second-order valence-corrected chi connectivity index (χ2v) is 28.4. The van der Waals surface area contributed by atoms with Crippen LogP contribution in [0.25, 0.3) is 21.9 Å². The van der Waals surface area contributed by atoms with Crippen molar-refractivity contribution >= 4 is 91.9 Å². The number of aryl methyl sites for hydroxylation is 1. The second kappa shape index (κ2) is 26.1. The minimum atomic E-state index is -3.67. The molecule has 86 heavy (non-hydrogen) atoms. The summed E-state index contributed by atoms with van der Waals surface area (Å²) in [6.07, 6.45) is 4.88. The van der Waals surface area contributed by atoms with Gasteiger partial charge in [-0.2, -0.15) is 0 Å². The number of hydrogen-bond acceptors (Lipinski definition) is 14. The zero-order valence-electron chi connectivity index (χ0n) is 48.9. The van der Waals surface area contributed by atoms with Crippen molar-refractivity contribution < 1.29 is 60.7 Å². The van der Waals surface area contributed by atoms with Crippen LogP contribution in [0.15, 0.2) is 76.4 Å². The van der Waals surface area contributed by atoms with Gasteiger partial charge in [-0.15, -0.1) is 0 Å². The second-order valence-electron chi connectivity index (χ2n) is 23.5. The van der Waals surface area contributed by atoms with Crippen LogP contribution >= 0.6 is 7.37 Å². The molecule has 3 aliphatic heterocycles. The average Bonchev–Trinajstić information content (AvgIpc) is 1.87. The molecule has 24 nitrogen and oxygen atoms in total. The highest BCUT2D eigenvalue weighted by Crippen LogP contribution is 2.46. The first-order chi connectivity index (χ1) is 40.8. The van der Waals surface area contributed by atoms with Gasteiger partial charge in [0.15, 0.2) is 9.84 Å². The number of aromatic nitrogens is 3. The van der Waals surface area contributed by atoms with Crippen molar-refractivity contribution in [3.05, 3.63) is 99.6 Å². The third kappa shape index (κ3) is 13.7. The zero-order valence-corrected chi connectivity index (χ0v) is 50.6. The number of nitrogens with zero attached hydrogens (tertiary/aromatic N) is 4. The lowest BCUT2D eigenvalue weighted by molar-refractivity contribution is -0.146. The van der Waals surface area contributed by atoms with Gasteiger partial charge >= 0.3 is 5.69 Å². The van der Waals surface area contributed by atoms with Crippen LogP contribution in [-0.4, -0.2) is 141 Å². The topological polar surface area (TPSA) is 337 Å². The highest BCUT2D eigenvalue weighted by molar-refractivity contribution is 7.92. The van der Waals surface area contributed by atoms with Gasteiger partial charge in [0.2, 0.25) is 46.9 Å². The third-order valence-electron chi connectivity index (χ3n) is 17.3. The Kier molecular flexibility index (Phi) is 19.0. The summed E-state index contributed by atoms with van der Waals surface area (Å²) < 4.78 is 46.6. The summed E-state index contributed by atoms with van der Waals surface area (Å²) in [6.45, 7) is 5.99. The molecule has 4 fully saturated rings. The first-order valence-corrected chi connectivity index (χ1v) is 33.0. The smallest absolute Gasteiger partial charge is 0.329 e. The molecule has 1 saturated carbocycles. The maximum absolute atomic E-state index is 15.2. The number of imide groups is 1. The predicted octanol–water partition coefficient (Wildman–Crippen LogP) is 4.26. The van der Waals surface area contributed by atoms with Crippen molar-refractivity contribution in [2.75, 3.05) is 26.4 Å². The zero-order chi connectivity index (χ0) is 61.9. The van der Waals surface area contributed by atoms with Crippen LogP contribution in [0.4, 0.5) is 0 Å². The van der Waals surface area contributed by atoms with Gasteiger partial charge in [-0.1, -0.05) is 18.2 Å². The summed E-state index contributed by atoms with van der Waals surface area (Å²) in [7, 11) is -5.55. The fraction of sp³-hybridized carbons (Fsp3) is 0.500. The molecule has 0 radical (unpaired) electrons. The van der Waals surface area contributed by atoms with E-state index in [9.17, 15) is 56.1 Å². The molecule has 9 rings (SSSR count). The molecular formula is C60H75N10O14PS. The molecule has 460 valence electrons. The molecular weight excluding hydrogens is 1150 g/mol. The van der Waals surface area contributed by atoms with E-state index in [2.05, 4.69) is 26.3 Å². The van der Waals surface area contributed by atoms with E-state index >= 15 is 4.79 Å². The summed E-state index contributed by atoms with van der Waals surface area (Å²) in [5, 5.41) is 10.5. The lowest BCUT2D eigenvalue weighted by atomic mass is 9.78. The van der Waals surface area contributed by atoms with E-state index in [-0.39, 0.29) is 104 Å². The summed E-state index contributed by atoms with van der Waals surface area (Å²) in [5.74, 6) is -4.15. The van der Waals surface area contributed by atoms with Crippen molar-refractivity contribution in [1.29, 1.82) is 0 Å². The summed E-state index contributed by atoms with van der Waals surface area (Å²) in [6, 6.07) is 12.7. The quantitative estimate of drug-likeness (QED) is 0.0442. The van der Waals surface area contributed by atoms with Crippen molar-refractivity contribution in [2.24, 2.45) is 24.6 Å². The molecule has 4 aliphatic rings. The Balaban J connectivity index is 0.893. The Labute approximate surface area is 497 Å². The molecule has 0 bridgehead atoms. The van der Waals surface area contributed by atoms with Gasteiger partial charge in [-0.25, -0.2) is 13.2 Å². The summed E-state index contributed by atoms with van der Waals surface area (Å²) in [5.41, 5.74) is 7.92. The number of primary amides is 1. The van der Waals surface area contributed by atoms with E-state index < -0.39 is 93.6 Å². The number of benzene rings is 3. The van der Waals surface area contributed by atoms with Crippen LogP contribution in [0.2, 0.25) is 0 Å². The molecule has 8 amide bonds. The van der Waals surface area contributed by atoms with E-state index in [4.69, 9.17) is 10.3 Å². The Morgan fingerprint density at radius 2 is 1.56 bits per heavy atom. The number of amides is 8. The number of carbonyl (C=O) groups is 9. The highest BCUT2D eigenvalue weighted by atomic mass is 32.2. The number of nitrogens with two attached hydrogens (primary N) is 1. The number of hydrogen-bond donors (Lipinski definition) is 6.